The lowest BCUT2D eigenvalue weighted by atomic mass is 10.1. The summed E-state index contributed by atoms with van der Waals surface area (Å²) in [6.07, 6.45) is 1.43. The van der Waals surface area contributed by atoms with Crippen LogP contribution in [0.25, 0.3) is 20.4 Å². The van der Waals surface area contributed by atoms with E-state index < -0.39 is 11.6 Å². The van der Waals surface area contributed by atoms with Gasteiger partial charge in [-0.1, -0.05) is 0 Å². The van der Waals surface area contributed by atoms with Crippen molar-refractivity contribution in [3.8, 4) is 0 Å². The number of benzene rings is 1. The van der Waals surface area contributed by atoms with Crippen molar-refractivity contribution < 1.29 is 8.78 Å². The number of hydrogen-bond acceptors (Lipinski definition) is 5. The predicted molar refractivity (Wildman–Crippen MR) is 91.8 cm³/mol. The molecule has 1 N–H and O–H groups in total. The molecule has 24 heavy (non-hydrogen) atoms. The molecule has 3 heterocycles. The summed E-state index contributed by atoms with van der Waals surface area (Å²) >= 11 is 1.45. The van der Waals surface area contributed by atoms with E-state index >= 15 is 0 Å². The third-order valence-corrected chi connectivity index (χ3v) is 4.81. The number of pyridine rings is 1. The maximum absolute atomic E-state index is 13.9. The van der Waals surface area contributed by atoms with Gasteiger partial charge in [-0.2, -0.15) is 0 Å². The van der Waals surface area contributed by atoms with E-state index in [2.05, 4.69) is 20.3 Å². The minimum Gasteiger partial charge on any atom is -0.337 e. The molecule has 4 rings (SSSR count). The first kappa shape index (κ1) is 14.9. The summed E-state index contributed by atoms with van der Waals surface area (Å²) < 4.78 is 27.8. The molecule has 4 nitrogen and oxygen atoms in total. The van der Waals surface area contributed by atoms with Crippen LogP contribution >= 0.6 is 11.3 Å². The van der Waals surface area contributed by atoms with Crippen LogP contribution < -0.4 is 5.32 Å². The number of anilines is 2. The molecule has 0 aliphatic carbocycles. The number of halogens is 2. The van der Waals surface area contributed by atoms with E-state index in [0.717, 1.165) is 37.8 Å². The van der Waals surface area contributed by atoms with Gasteiger partial charge in [-0.25, -0.2) is 23.7 Å². The second kappa shape index (κ2) is 5.45. The Kier molecular flexibility index (Phi) is 3.38. The van der Waals surface area contributed by atoms with E-state index in [4.69, 9.17) is 0 Å². The Morgan fingerprint density at radius 3 is 2.71 bits per heavy atom. The van der Waals surface area contributed by atoms with Crippen LogP contribution in [0.5, 0.6) is 0 Å². The van der Waals surface area contributed by atoms with E-state index in [-0.39, 0.29) is 5.69 Å². The standard InChI is InChI=1S/C17H12F2N4S/c1-8-5-9(2)22-17-13(8)14-15(24-17)16(21-7-20-14)23-12-4-3-10(18)6-11(12)19/h3-7H,1-2H3,(H,20,21,23). The van der Waals surface area contributed by atoms with Gasteiger partial charge in [-0.05, 0) is 37.6 Å². The first-order chi connectivity index (χ1) is 11.5. The van der Waals surface area contributed by atoms with E-state index in [1.54, 1.807) is 0 Å². The summed E-state index contributed by atoms with van der Waals surface area (Å²) in [5, 5.41) is 3.90. The summed E-state index contributed by atoms with van der Waals surface area (Å²) in [5.74, 6) is -0.818. The molecule has 0 aliphatic heterocycles. The topological polar surface area (TPSA) is 50.7 Å². The second-order valence-corrected chi connectivity index (χ2v) is 6.51. The third kappa shape index (κ3) is 2.37. The molecule has 0 radical (unpaired) electrons. The lowest BCUT2D eigenvalue weighted by Gasteiger charge is -2.07. The number of rotatable bonds is 2. The van der Waals surface area contributed by atoms with Crippen molar-refractivity contribution in [2.45, 2.75) is 13.8 Å². The molecule has 0 saturated carbocycles. The number of thiophene rings is 1. The zero-order valence-electron chi connectivity index (χ0n) is 12.9. The SMILES string of the molecule is Cc1cc(C)c2c(n1)sc1c(Nc3ccc(F)cc3F)ncnc12. The summed E-state index contributed by atoms with van der Waals surface area (Å²) in [6.45, 7) is 3.95. The van der Waals surface area contributed by atoms with Crippen LogP contribution in [0, 0.1) is 25.5 Å². The van der Waals surface area contributed by atoms with Gasteiger partial charge >= 0.3 is 0 Å². The van der Waals surface area contributed by atoms with Crippen molar-refractivity contribution in [3.05, 3.63) is 53.5 Å². The number of aryl methyl sites for hydroxylation is 2. The first-order valence-electron chi connectivity index (χ1n) is 7.26. The smallest absolute Gasteiger partial charge is 0.152 e. The van der Waals surface area contributed by atoms with Gasteiger partial charge in [-0.3, -0.25) is 0 Å². The van der Waals surface area contributed by atoms with Crippen molar-refractivity contribution in [3.63, 3.8) is 0 Å². The fourth-order valence-corrected chi connectivity index (χ4v) is 3.91. The summed E-state index contributed by atoms with van der Waals surface area (Å²) in [4.78, 5) is 14.0. The normalized spacial score (nSPS) is 11.3. The molecule has 0 atom stereocenters. The molecule has 4 aromatic rings. The Hall–Kier alpha value is -2.67. The number of hydrogen-bond donors (Lipinski definition) is 1. The third-order valence-electron chi connectivity index (χ3n) is 3.74. The molecule has 0 unspecified atom stereocenters. The van der Waals surface area contributed by atoms with Crippen molar-refractivity contribution >= 4 is 43.3 Å². The molecule has 0 spiro atoms. The summed E-state index contributed by atoms with van der Waals surface area (Å²) in [7, 11) is 0. The van der Waals surface area contributed by atoms with Crippen LogP contribution in [-0.2, 0) is 0 Å². The second-order valence-electron chi connectivity index (χ2n) is 5.51. The van der Waals surface area contributed by atoms with Gasteiger partial charge in [0.25, 0.3) is 0 Å². The molecular formula is C17H12F2N4S. The molecule has 0 saturated heterocycles. The first-order valence-corrected chi connectivity index (χ1v) is 8.08. The van der Waals surface area contributed by atoms with Crippen LogP contribution in [0.1, 0.15) is 11.3 Å². The van der Waals surface area contributed by atoms with Crippen LogP contribution in [0.15, 0.2) is 30.6 Å². The monoisotopic (exact) mass is 342 g/mol. The Labute approximate surface area is 140 Å². The zero-order chi connectivity index (χ0) is 16.8. The molecule has 0 amide bonds. The molecule has 0 aliphatic rings. The number of nitrogens with one attached hydrogen (secondary N) is 1. The van der Waals surface area contributed by atoms with Crippen LogP contribution in [-0.4, -0.2) is 15.0 Å². The largest absolute Gasteiger partial charge is 0.337 e. The predicted octanol–water partition coefficient (Wildman–Crippen LogP) is 4.88. The lowest BCUT2D eigenvalue weighted by molar-refractivity contribution is 0.586. The van der Waals surface area contributed by atoms with Gasteiger partial charge in [0.05, 0.1) is 15.9 Å². The number of nitrogens with zero attached hydrogens (tertiary/aromatic N) is 3. The van der Waals surface area contributed by atoms with Crippen LogP contribution in [0.3, 0.4) is 0 Å². The lowest BCUT2D eigenvalue weighted by Crippen LogP contribution is -1.97. The van der Waals surface area contributed by atoms with Crippen LogP contribution in [0.4, 0.5) is 20.3 Å². The Morgan fingerprint density at radius 1 is 1.08 bits per heavy atom. The minimum absolute atomic E-state index is 0.162. The van der Waals surface area contributed by atoms with Gasteiger partial charge in [0.1, 0.15) is 22.8 Å². The highest BCUT2D eigenvalue weighted by Crippen LogP contribution is 2.37. The molecule has 1 aromatic carbocycles. The Bertz CT molecular complexity index is 1090. The summed E-state index contributed by atoms with van der Waals surface area (Å²) in [6, 6.07) is 5.38. The summed E-state index contributed by atoms with van der Waals surface area (Å²) in [5.41, 5.74) is 2.95. The maximum atomic E-state index is 13.9. The van der Waals surface area contributed by atoms with Gasteiger partial charge in [0.2, 0.25) is 0 Å². The van der Waals surface area contributed by atoms with E-state index in [9.17, 15) is 8.78 Å². The minimum atomic E-state index is -0.673. The zero-order valence-corrected chi connectivity index (χ0v) is 13.7. The quantitative estimate of drug-likeness (QED) is 0.564. The van der Waals surface area contributed by atoms with Crippen molar-refractivity contribution in [1.82, 2.24) is 15.0 Å². The Balaban J connectivity index is 1.91. The highest BCUT2D eigenvalue weighted by Gasteiger charge is 2.15. The fourth-order valence-electron chi connectivity index (χ4n) is 2.72. The average Bonchev–Trinajstić information content (AvgIpc) is 2.89. The van der Waals surface area contributed by atoms with Gasteiger partial charge < -0.3 is 5.32 Å². The van der Waals surface area contributed by atoms with E-state index in [1.165, 1.54) is 29.8 Å². The van der Waals surface area contributed by atoms with E-state index in [1.807, 2.05) is 19.9 Å². The molecular weight excluding hydrogens is 330 g/mol. The van der Waals surface area contributed by atoms with Gasteiger partial charge in [0.15, 0.2) is 5.82 Å². The molecule has 120 valence electrons. The fraction of sp³-hybridized carbons (Fsp3) is 0.118. The van der Waals surface area contributed by atoms with Gasteiger partial charge in [0, 0.05) is 17.1 Å². The van der Waals surface area contributed by atoms with Crippen molar-refractivity contribution in [1.29, 1.82) is 0 Å². The number of fused-ring (bicyclic) bond motifs is 3. The maximum Gasteiger partial charge on any atom is 0.152 e. The van der Waals surface area contributed by atoms with Crippen molar-refractivity contribution in [2.75, 3.05) is 5.32 Å². The van der Waals surface area contributed by atoms with Gasteiger partial charge in [-0.15, -0.1) is 11.3 Å². The molecule has 3 aromatic heterocycles. The highest BCUT2D eigenvalue weighted by molar-refractivity contribution is 7.26. The average molecular weight is 342 g/mol. The number of aromatic nitrogens is 3. The van der Waals surface area contributed by atoms with Crippen LogP contribution in [0.2, 0.25) is 0 Å². The molecule has 0 fully saturated rings. The van der Waals surface area contributed by atoms with Crippen molar-refractivity contribution in [2.24, 2.45) is 0 Å². The highest BCUT2D eigenvalue weighted by atomic mass is 32.1. The Morgan fingerprint density at radius 2 is 1.92 bits per heavy atom. The molecule has 0 bridgehead atoms. The molecule has 7 heteroatoms. The van der Waals surface area contributed by atoms with E-state index in [0.29, 0.717) is 5.82 Å².